The van der Waals surface area contributed by atoms with Crippen molar-refractivity contribution in [1.29, 1.82) is 0 Å². The molecule has 1 fully saturated rings. The molecule has 1 unspecified atom stereocenters. The average molecular weight is 415 g/mol. The molecule has 0 N–H and O–H groups in total. The zero-order valence-corrected chi connectivity index (χ0v) is 16.3. The molecular formula is C19H16Cl2N6O. The van der Waals surface area contributed by atoms with Crippen molar-refractivity contribution in [2.75, 3.05) is 18.0 Å². The second-order valence-electron chi connectivity index (χ2n) is 6.83. The van der Waals surface area contributed by atoms with Gasteiger partial charge in [-0.05, 0) is 43.2 Å². The van der Waals surface area contributed by atoms with Gasteiger partial charge in [0, 0.05) is 40.8 Å². The van der Waals surface area contributed by atoms with Crippen LogP contribution in [0.2, 0.25) is 10.0 Å². The first-order chi connectivity index (χ1) is 13.7. The number of hydrogen-bond donors (Lipinski definition) is 0. The van der Waals surface area contributed by atoms with Crippen molar-refractivity contribution in [3.05, 3.63) is 58.5 Å². The Labute approximate surface area is 170 Å². The zero-order chi connectivity index (χ0) is 19.1. The van der Waals surface area contributed by atoms with E-state index in [2.05, 4.69) is 25.2 Å². The molecule has 9 heteroatoms. The zero-order valence-electron chi connectivity index (χ0n) is 14.8. The summed E-state index contributed by atoms with van der Waals surface area (Å²) in [6.07, 6.45) is 4.04. The Balaban J connectivity index is 1.40. The summed E-state index contributed by atoms with van der Waals surface area (Å²) in [6.45, 7) is 1.60. The summed E-state index contributed by atoms with van der Waals surface area (Å²) in [4.78, 5) is 6.65. The Bertz CT molecular complexity index is 1120. The van der Waals surface area contributed by atoms with Gasteiger partial charge in [-0.25, -0.2) is 0 Å². The monoisotopic (exact) mass is 414 g/mol. The van der Waals surface area contributed by atoms with Crippen molar-refractivity contribution in [3.63, 3.8) is 0 Å². The molecule has 0 aliphatic carbocycles. The molecule has 0 bridgehead atoms. The van der Waals surface area contributed by atoms with Crippen molar-refractivity contribution in [2.45, 2.75) is 18.8 Å². The predicted octanol–water partition coefficient (Wildman–Crippen LogP) is 4.47. The van der Waals surface area contributed by atoms with E-state index in [1.54, 1.807) is 18.2 Å². The molecule has 1 aromatic carbocycles. The van der Waals surface area contributed by atoms with Crippen LogP contribution < -0.4 is 4.90 Å². The Morgan fingerprint density at radius 3 is 2.79 bits per heavy atom. The van der Waals surface area contributed by atoms with Gasteiger partial charge in [-0.3, -0.25) is 4.40 Å². The van der Waals surface area contributed by atoms with E-state index >= 15 is 0 Å². The fraction of sp³-hybridized carbons (Fsp3) is 0.263. The second kappa shape index (κ2) is 7.07. The van der Waals surface area contributed by atoms with E-state index < -0.39 is 0 Å². The molecule has 4 heterocycles. The van der Waals surface area contributed by atoms with Crippen molar-refractivity contribution < 1.29 is 4.52 Å². The minimum absolute atomic E-state index is 0.238. The molecule has 4 aromatic rings. The number of benzene rings is 1. The molecule has 1 aliphatic heterocycles. The Hall–Kier alpha value is -2.64. The molecule has 1 aliphatic rings. The van der Waals surface area contributed by atoms with Gasteiger partial charge in [-0.15, -0.1) is 10.2 Å². The lowest BCUT2D eigenvalue weighted by Gasteiger charge is -2.30. The van der Waals surface area contributed by atoms with Crippen LogP contribution in [-0.4, -0.2) is 37.8 Å². The molecule has 7 nitrogen and oxygen atoms in total. The molecule has 0 saturated carbocycles. The fourth-order valence-electron chi connectivity index (χ4n) is 3.64. The SMILES string of the molecule is Clc1cc(Cl)cc(-c2noc(N3CCCC(c4nnc5ccccn45)C3)n2)c1. The van der Waals surface area contributed by atoms with E-state index in [-0.39, 0.29) is 5.92 Å². The van der Waals surface area contributed by atoms with Crippen LogP contribution in [0.5, 0.6) is 0 Å². The Morgan fingerprint density at radius 1 is 1.07 bits per heavy atom. The third-order valence-electron chi connectivity index (χ3n) is 4.93. The van der Waals surface area contributed by atoms with Crippen molar-refractivity contribution >= 4 is 34.9 Å². The average Bonchev–Trinajstić information content (AvgIpc) is 3.35. The standard InChI is InChI=1S/C19H16Cl2N6O/c20-14-8-13(9-15(21)10-14)17-22-19(28-25-17)26-6-3-4-12(11-26)18-24-23-16-5-1-2-7-27(16)18/h1-2,5,7-10,12H,3-4,6,11H2. The Morgan fingerprint density at radius 2 is 1.93 bits per heavy atom. The van der Waals surface area contributed by atoms with Crippen LogP contribution >= 0.6 is 23.2 Å². The van der Waals surface area contributed by atoms with Crippen molar-refractivity contribution in [1.82, 2.24) is 24.7 Å². The second-order valence-corrected chi connectivity index (χ2v) is 7.70. The topological polar surface area (TPSA) is 72.4 Å². The lowest BCUT2D eigenvalue weighted by Crippen LogP contribution is -2.35. The predicted molar refractivity (Wildman–Crippen MR) is 107 cm³/mol. The lowest BCUT2D eigenvalue weighted by atomic mass is 9.97. The van der Waals surface area contributed by atoms with Gasteiger partial charge in [-0.1, -0.05) is 34.4 Å². The van der Waals surface area contributed by atoms with E-state index in [4.69, 9.17) is 27.7 Å². The molecule has 3 aromatic heterocycles. The largest absolute Gasteiger partial charge is 0.324 e. The highest BCUT2D eigenvalue weighted by atomic mass is 35.5. The summed E-state index contributed by atoms with van der Waals surface area (Å²) in [5.74, 6) is 1.67. The van der Waals surface area contributed by atoms with Crippen LogP contribution in [0.4, 0.5) is 6.01 Å². The van der Waals surface area contributed by atoms with Crippen LogP contribution in [0, 0.1) is 0 Å². The van der Waals surface area contributed by atoms with Crippen LogP contribution in [-0.2, 0) is 0 Å². The summed E-state index contributed by atoms with van der Waals surface area (Å²) in [5.41, 5.74) is 1.58. The maximum absolute atomic E-state index is 6.08. The molecule has 0 radical (unpaired) electrons. The smallest absolute Gasteiger partial charge is 0.324 e. The molecule has 0 spiro atoms. The summed E-state index contributed by atoms with van der Waals surface area (Å²) in [7, 11) is 0. The van der Waals surface area contributed by atoms with E-state index in [1.165, 1.54) is 0 Å². The van der Waals surface area contributed by atoms with Crippen LogP contribution in [0.25, 0.3) is 17.0 Å². The minimum atomic E-state index is 0.238. The molecule has 142 valence electrons. The summed E-state index contributed by atoms with van der Waals surface area (Å²) in [5, 5.41) is 13.8. The molecule has 1 atom stereocenters. The molecule has 0 amide bonds. The third-order valence-corrected chi connectivity index (χ3v) is 5.37. The number of pyridine rings is 1. The van der Waals surface area contributed by atoms with E-state index in [1.807, 2.05) is 28.8 Å². The maximum Gasteiger partial charge on any atom is 0.324 e. The Kier molecular flexibility index (Phi) is 4.41. The first-order valence-electron chi connectivity index (χ1n) is 9.02. The highest BCUT2D eigenvalue weighted by Gasteiger charge is 2.28. The van der Waals surface area contributed by atoms with Crippen molar-refractivity contribution in [3.8, 4) is 11.4 Å². The van der Waals surface area contributed by atoms with Gasteiger partial charge in [0.15, 0.2) is 5.65 Å². The summed E-state index contributed by atoms with van der Waals surface area (Å²) in [6, 6.07) is 11.6. The first-order valence-corrected chi connectivity index (χ1v) is 9.78. The summed E-state index contributed by atoms with van der Waals surface area (Å²) < 4.78 is 7.57. The van der Waals surface area contributed by atoms with Crippen LogP contribution in [0.15, 0.2) is 47.1 Å². The lowest BCUT2D eigenvalue weighted by molar-refractivity contribution is 0.390. The van der Waals surface area contributed by atoms with Crippen LogP contribution in [0.1, 0.15) is 24.6 Å². The quantitative estimate of drug-likeness (QED) is 0.492. The first kappa shape index (κ1) is 17.5. The van der Waals surface area contributed by atoms with Gasteiger partial charge < -0.3 is 9.42 Å². The van der Waals surface area contributed by atoms with Gasteiger partial charge in [-0.2, -0.15) is 4.98 Å². The molecular weight excluding hydrogens is 399 g/mol. The third kappa shape index (κ3) is 3.21. The van der Waals surface area contributed by atoms with E-state index in [9.17, 15) is 0 Å². The van der Waals surface area contributed by atoms with Crippen molar-refractivity contribution in [2.24, 2.45) is 0 Å². The van der Waals surface area contributed by atoms with Crippen LogP contribution in [0.3, 0.4) is 0 Å². The van der Waals surface area contributed by atoms with E-state index in [0.717, 1.165) is 43.0 Å². The molecule has 28 heavy (non-hydrogen) atoms. The number of halogens is 2. The molecule has 5 rings (SSSR count). The highest BCUT2D eigenvalue weighted by Crippen LogP contribution is 2.31. The van der Waals surface area contributed by atoms with Gasteiger partial charge >= 0.3 is 6.01 Å². The highest BCUT2D eigenvalue weighted by molar-refractivity contribution is 6.35. The normalized spacial score (nSPS) is 17.4. The van der Waals surface area contributed by atoms with Gasteiger partial charge in [0.05, 0.1) is 0 Å². The number of aromatic nitrogens is 5. The van der Waals surface area contributed by atoms with Gasteiger partial charge in [0.25, 0.3) is 0 Å². The number of rotatable bonds is 3. The maximum atomic E-state index is 6.08. The summed E-state index contributed by atoms with van der Waals surface area (Å²) >= 11 is 12.2. The fourth-order valence-corrected chi connectivity index (χ4v) is 4.17. The van der Waals surface area contributed by atoms with Gasteiger partial charge in [0.2, 0.25) is 5.82 Å². The van der Waals surface area contributed by atoms with E-state index in [0.29, 0.717) is 21.9 Å². The number of anilines is 1. The molecule has 1 saturated heterocycles. The van der Waals surface area contributed by atoms with Gasteiger partial charge in [0.1, 0.15) is 5.82 Å². The number of nitrogens with zero attached hydrogens (tertiary/aromatic N) is 6. The number of hydrogen-bond acceptors (Lipinski definition) is 6. The minimum Gasteiger partial charge on any atom is -0.324 e. The number of fused-ring (bicyclic) bond motifs is 1. The number of piperidine rings is 1.